The van der Waals surface area contributed by atoms with Crippen LogP contribution in [0.25, 0.3) is 10.9 Å². The zero-order valence-corrected chi connectivity index (χ0v) is 19.1. The minimum absolute atomic E-state index is 0.00608. The van der Waals surface area contributed by atoms with Crippen molar-refractivity contribution in [3.05, 3.63) is 70.3 Å². The summed E-state index contributed by atoms with van der Waals surface area (Å²) in [5, 5.41) is 3.19. The predicted octanol–water partition coefficient (Wildman–Crippen LogP) is 2.55. The van der Waals surface area contributed by atoms with Crippen LogP contribution in [-0.2, 0) is 20.7 Å². The first-order chi connectivity index (χ1) is 16.3. The summed E-state index contributed by atoms with van der Waals surface area (Å²) in [7, 11) is 3.32. The number of carbonyl (C=O) groups is 3. The molecule has 3 aromatic rings. The van der Waals surface area contributed by atoms with E-state index in [4.69, 9.17) is 4.74 Å². The van der Waals surface area contributed by atoms with E-state index in [1.54, 1.807) is 55.1 Å². The zero-order chi connectivity index (χ0) is 24.2. The van der Waals surface area contributed by atoms with Gasteiger partial charge in [0.1, 0.15) is 5.82 Å². The normalized spacial score (nSPS) is 12.9. The third-order valence-electron chi connectivity index (χ3n) is 5.53. The van der Waals surface area contributed by atoms with Gasteiger partial charge in [-0.25, -0.2) is 4.98 Å². The van der Waals surface area contributed by atoms with Gasteiger partial charge in [-0.05, 0) is 49.2 Å². The second-order valence-corrected chi connectivity index (χ2v) is 8.44. The van der Waals surface area contributed by atoms with Crippen molar-refractivity contribution >= 4 is 34.4 Å². The van der Waals surface area contributed by atoms with E-state index in [1.807, 2.05) is 12.1 Å². The summed E-state index contributed by atoms with van der Waals surface area (Å²) in [6.45, 7) is -0.433. The molecule has 1 aliphatic rings. The topological polar surface area (TPSA) is 111 Å². The Balaban J connectivity index is 1.31. The van der Waals surface area contributed by atoms with Crippen molar-refractivity contribution in [1.29, 1.82) is 0 Å². The van der Waals surface area contributed by atoms with Gasteiger partial charge in [0.15, 0.2) is 6.61 Å². The number of benzene rings is 2. The minimum Gasteiger partial charge on any atom is -0.456 e. The average Bonchev–Trinajstić information content (AvgIpc) is 3.66. The van der Waals surface area contributed by atoms with Crippen molar-refractivity contribution < 1.29 is 19.1 Å². The number of rotatable bonds is 8. The Morgan fingerprint density at radius 1 is 1.09 bits per heavy atom. The molecule has 9 nitrogen and oxygen atoms in total. The zero-order valence-electron chi connectivity index (χ0n) is 19.1. The van der Waals surface area contributed by atoms with Crippen molar-refractivity contribution in [3.63, 3.8) is 0 Å². The van der Waals surface area contributed by atoms with E-state index in [2.05, 4.69) is 10.3 Å². The Hall–Kier alpha value is -4.01. The molecule has 0 bridgehead atoms. The smallest absolute Gasteiger partial charge is 0.306 e. The molecule has 0 aliphatic heterocycles. The lowest BCUT2D eigenvalue weighted by Crippen LogP contribution is -2.26. The maximum atomic E-state index is 12.9. The summed E-state index contributed by atoms with van der Waals surface area (Å²) in [6, 6.07) is 13.7. The average molecular weight is 463 g/mol. The molecule has 1 aliphatic carbocycles. The number of aromatic nitrogens is 2. The van der Waals surface area contributed by atoms with E-state index in [9.17, 15) is 19.2 Å². The Kier molecular flexibility index (Phi) is 6.72. The summed E-state index contributed by atoms with van der Waals surface area (Å²) >= 11 is 0. The van der Waals surface area contributed by atoms with Gasteiger partial charge in [-0.3, -0.25) is 23.7 Å². The minimum atomic E-state index is -0.549. The first-order valence-electron chi connectivity index (χ1n) is 11.1. The van der Waals surface area contributed by atoms with Crippen LogP contribution in [0.4, 0.5) is 5.69 Å². The van der Waals surface area contributed by atoms with Crippen LogP contribution in [0, 0.1) is 0 Å². The molecule has 0 spiro atoms. The number of anilines is 1. The molecule has 1 saturated carbocycles. The summed E-state index contributed by atoms with van der Waals surface area (Å²) in [6.07, 6.45) is 2.09. The van der Waals surface area contributed by atoms with Crippen LogP contribution in [0.2, 0.25) is 0 Å². The Morgan fingerprint density at radius 2 is 1.79 bits per heavy atom. The maximum Gasteiger partial charge on any atom is 0.306 e. The lowest BCUT2D eigenvalue weighted by molar-refractivity contribution is -0.147. The van der Waals surface area contributed by atoms with Crippen LogP contribution >= 0.6 is 0 Å². The first-order valence-corrected chi connectivity index (χ1v) is 11.1. The van der Waals surface area contributed by atoms with Gasteiger partial charge in [0.25, 0.3) is 17.4 Å². The number of carbonyl (C=O) groups excluding carboxylic acids is 3. The number of esters is 1. The highest BCUT2D eigenvalue weighted by Gasteiger charge is 2.28. The molecule has 2 aromatic carbocycles. The Labute approximate surface area is 196 Å². The van der Waals surface area contributed by atoms with E-state index < -0.39 is 18.5 Å². The molecule has 1 N–H and O–H groups in total. The third kappa shape index (κ3) is 5.31. The van der Waals surface area contributed by atoms with E-state index in [-0.39, 0.29) is 30.3 Å². The van der Waals surface area contributed by atoms with Crippen LogP contribution in [0.3, 0.4) is 0 Å². The number of nitrogens with zero attached hydrogens (tertiary/aromatic N) is 3. The van der Waals surface area contributed by atoms with Crippen molar-refractivity contribution in [1.82, 2.24) is 14.5 Å². The number of ether oxygens (including phenoxy) is 1. The second kappa shape index (κ2) is 9.86. The fraction of sp³-hybridized carbons (Fsp3) is 0.320. The number of nitrogens with one attached hydrogen (secondary N) is 1. The molecule has 2 amide bonds. The number of fused-ring (bicyclic) bond motifs is 1. The van der Waals surface area contributed by atoms with Crippen molar-refractivity contribution in [2.45, 2.75) is 31.7 Å². The van der Waals surface area contributed by atoms with Gasteiger partial charge in [-0.2, -0.15) is 0 Å². The fourth-order valence-electron chi connectivity index (χ4n) is 3.66. The third-order valence-corrected chi connectivity index (χ3v) is 5.53. The van der Waals surface area contributed by atoms with E-state index >= 15 is 0 Å². The van der Waals surface area contributed by atoms with Crippen LogP contribution in [0.15, 0.2) is 53.3 Å². The molecular formula is C25H26N4O5. The number of hydrogen-bond acceptors (Lipinski definition) is 6. The molecule has 1 fully saturated rings. The van der Waals surface area contributed by atoms with Crippen molar-refractivity contribution in [2.24, 2.45) is 0 Å². The number of aryl methyl sites for hydroxylation is 1. The number of amides is 2. The van der Waals surface area contributed by atoms with Gasteiger partial charge in [0.2, 0.25) is 0 Å². The molecule has 9 heteroatoms. The highest BCUT2D eigenvalue weighted by Crippen LogP contribution is 2.34. The van der Waals surface area contributed by atoms with Gasteiger partial charge in [0, 0.05) is 37.8 Å². The molecule has 0 atom stereocenters. The lowest BCUT2D eigenvalue weighted by atomic mass is 10.2. The number of para-hydroxylation sites is 1. The quantitative estimate of drug-likeness (QED) is 0.515. The van der Waals surface area contributed by atoms with E-state index in [0.29, 0.717) is 28.0 Å². The Morgan fingerprint density at radius 3 is 2.47 bits per heavy atom. The molecule has 176 valence electrons. The Bertz CT molecular complexity index is 1290. The molecule has 0 saturated heterocycles. The van der Waals surface area contributed by atoms with Crippen molar-refractivity contribution in [3.8, 4) is 0 Å². The van der Waals surface area contributed by atoms with Gasteiger partial charge < -0.3 is 15.0 Å². The largest absolute Gasteiger partial charge is 0.456 e. The standard InChI is InChI=1S/C25H26N4O5/c1-28(2)24(32)16-7-9-17(10-8-16)26-22(30)15-34-23(31)14-13-21-27-20-6-4-3-5-19(20)25(33)29(21)18-11-12-18/h3-10,18H,11-15H2,1-2H3,(H,26,30). The van der Waals surface area contributed by atoms with Gasteiger partial charge >= 0.3 is 5.97 Å². The first kappa shape index (κ1) is 23.2. The lowest BCUT2D eigenvalue weighted by Gasteiger charge is -2.13. The molecule has 0 unspecified atom stereocenters. The SMILES string of the molecule is CN(C)C(=O)c1ccc(NC(=O)COC(=O)CCc2nc3ccccc3c(=O)n2C2CC2)cc1. The van der Waals surface area contributed by atoms with Gasteiger partial charge in [-0.1, -0.05) is 12.1 Å². The second-order valence-electron chi connectivity index (χ2n) is 8.44. The van der Waals surface area contributed by atoms with Gasteiger partial charge in [0.05, 0.1) is 17.3 Å². The van der Waals surface area contributed by atoms with Crippen LogP contribution in [0.5, 0.6) is 0 Å². The maximum absolute atomic E-state index is 12.9. The predicted molar refractivity (Wildman–Crippen MR) is 127 cm³/mol. The highest BCUT2D eigenvalue weighted by atomic mass is 16.5. The summed E-state index contributed by atoms with van der Waals surface area (Å²) < 4.78 is 6.79. The van der Waals surface area contributed by atoms with Crippen molar-refractivity contribution in [2.75, 3.05) is 26.0 Å². The molecule has 34 heavy (non-hydrogen) atoms. The summed E-state index contributed by atoms with van der Waals surface area (Å²) in [4.78, 5) is 55.3. The summed E-state index contributed by atoms with van der Waals surface area (Å²) in [5.74, 6) is -0.620. The van der Waals surface area contributed by atoms with E-state index in [1.165, 1.54) is 4.90 Å². The fourth-order valence-corrected chi connectivity index (χ4v) is 3.66. The van der Waals surface area contributed by atoms with E-state index in [0.717, 1.165) is 12.8 Å². The van der Waals surface area contributed by atoms with Gasteiger partial charge in [-0.15, -0.1) is 0 Å². The van der Waals surface area contributed by atoms with Crippen LogP contribution < -0.4 is 10.9 Å². The molecule has 1 aromatic heterocycles. The van der Waals surface area contributed by atoms with Crippen LogP contribution in [0.1, 0.15) is 41.5 Å². The van der Waals surface area contributed by atoms with Crippen LogP contribution in [-0.4, -0.2) is 52.9 Å². The molecule has 1 heterocycles. The number of hydrogen-bond donors (Lipinski definition) is 1. The summed E-state index contributed by atoms with van der Waals surface area (Å²) in [5.41, 5.74) is 1.51. The monoisotopic (exact) mass is 462 g/mol. The molecule has 4 rings (SSSR count). The highest BCUT2D eigenvalue weighted by molar-refractivity contribution is 5.96. The molecule has 0 radical (unpaired) electrons. The molecular weight excluding hydrogens is 436 g/mol.